The Bertz CT molecular complexity index is 729. The Balaban J connectivity index is 2.31. The molecular weight excluding hydrogens is 290 g/mol. The summed E-state index contributed by atoms with van der Waals surface area (Å²) in [5.41, 5.74) is 0.338. The van der Waals surface area contributed by atoms with E-state index in [1.807, 2.05) is 14.1 Å². The molecule has 0 atom stereocenters. The summed E-state index contributed by atoms with van der Waals surface area (Å²) in [6.45, 7) is 1.47. The number of nitrogens with two attached hydrogens (primary N) is 1. The molecule has 21 heavy (non-hydrogen) atoms. The van der Waals surface area contributed by atoms with Gasteiger partial charge in [-0.1, -0.05) is 0 Å². The number of pyridine rings is 1. The highest BCUT2D eigenvalue weighted by molar-refractivity contribution is 7.89. The number of ether oxygens (including phenoxy) is 1. The van der Waals surface area contributed by atoms with Gasteiger partial charge in [-0.2, -0.15) is 0 Å². The molecule has 0 aliphatic rings. The lowest BCUT2D eigenvalue weighted by Gasteiger charge is -2.12. The third-order valence-corrected chi connectivity index (χ3v) is 3.95. The molecule has 1 heterocycles. The predicted molar refractivity (Wildman–Crippen MR) is 81.8 cm³/mol. The van der Waals surface area contributed by atoms with E-state index in [1.54, 1.807) is 18.2 Å². The lowest BCUT2D eigenvalue weighted by atomic mass is 10.2. The molecule has 0 saturated heterocycles. The first kappa shape index (κ1) is 15.7. The maximum atomic E-state index is 11.6. The van der Waals surface area contributed by atoms with E-state index in [-0.39, 0.29) is 4.90 Å². The fourth-order valence-corrected chi connectivity index (χ4v) is 2.73. The van der Waals surface area contributed by atoms with E-state index in [0.29, 0.717) is 23.3 Å². The Morgan fingerprint density at radius 2 is 2.05 bits per heavy atom. The molecule has 2 rings (SSSR count). The number of hydrogen-bond donors (Lipinski definition) is 1. The van der Waals surface area contributed by atoms with Crippen molar-refractivity contribution in [1.82, 2.24) is 9.88 Å². The highest BCUT2D eigenvalue weighted by Gasteiger charge is 2.16. The third kappa shape index (κ3) is 3.90. The minimum atomic E-state index is -3.81. The molecule has 7 heteroatoms. The lowest BCUT2D eigenvalue weighted by Crippen LogP contribution is -2.16. The summed E-state index contributed by atoms with van der Waals surface area (Å²) in [6, 6.07) is 6.57. The molecule has 2 N–H and O–H groups in total. The zero-order valence-electron chi connectivity index (χ0n) is 12.1. The third-order valence-electron chi connectivity index (χ3n) is 3.01. The SMILES string of the molecule is CN(C)CCCOc1ccc(S(N)(=O)=O)c2ncccc12. The van der Waals surface area contributed by atoms with Crippen LogP contribution >= 0.6 is 0 Å². The first-order valence-corrected chi connectivity index (χ1v) is 8.12. The Labute approximate surface area is 124 Å². The quantitative estimate of drug-likeness (QED) is 0.811. The van der Waals surface area contributed by atoms with Crippen LogP contribution in [-0.4, -0.2) is 45.5 Å². The summed E-state index contributed by atoms with van der Waals surface area (Å²) in [5.74, 6) is 0.615. The van der Waals surface area contributed by atoms with Gasteiger partial charge in [-0.3, -0.25) is 4.98 Å². The average Bonchev–Trinajstić information content (AvgIpc) is 2.42. The number of aromatic nitrogens is 1. The van der Waals surface area contributed by atoms with Crippen LogP contribution in [0.3, 0.4) is 0 Å². The van der Waals surface area contributed by atoms with Crippen LogP contribution in [0.1, 0.15) is 6.42 Å². The summed E-state index contributed by atoms with van der Waals surface area (Å²) in [5, 5.41) is 5.86. The van der Waals surface area contributed by atoms with Crippen LogP contribution in [0.15, 0.2) is 35.4 Å². The minimum Gasteiger partial charge on any atom is -0.493 e. The topological polar surface area (TPSA) is 85.5 Å². The van der Waals surface area contributed by atoms with E-state index in [4.69, 9.17) is 9.88 Å². The molecule has 6 nitrogen and oxygen atoms in total. The van der Waals surface area contributed by atoms with Gasteiger partial charge in [0.05, 0.1) is 12.1 Å². The summed E-state index contributed by atoms with van der Waals surface area (Å²) >= 11 is 0. The molecule has 1 aromatic carbocycles. The minimum absolute atomic E-state index is 0.0127. The highest BCUT2D eigenvalue weighted by atomic mass is 32.2. The number of nitrogens with zero attached hydrogens (tertiary/aromatic N) is 2. The maximum absolute atomic E-state index is 11.6. The van der Waals surface area contributed by atoms with E-state index >= 15 is 0 Å². The van der Waals surface area contributed by atoms with Gasteiger partial charge in [0.25, 0.3) is 0 Å². The second-order valence-electron chi connectivity index (χ2n) is 5.01. The highest BCUT2D eigenvalue weighted by Crippen LogP contribution is 2.29. The fourth-order valence-electron chi connectivity index (χ4n) is 2.04. The van der Waals surface area contributed by atoms with Gasteiger partial charge in [0.1, 0.15) is 10.6 Å². The van der Waals surface area contributed by atoms with E-state index in [2.05, 4.69) is 9.88 Å². The number of hydrogen-bond acceptors (Lipinski definition) is 5. The van der Waals surface area contributed by atoms with Gasteiger partial charge in [0.2, 0.25) is 10.0 Å². The van der Waals surface area contributed by atoms with Gasteiger partial charge in [-0.05, 0) is 44.8 Å². The molecule has 0 radical (unpaired) electrons. The van der Waals surface area contributed by atoms with Gasteiger partial charge in [-0.15, -0.1) is 0 Å². The van der Waals surface area contributed by atoms with Gasteiger partial charge in [0, 0.05) is 18.1 Å². The number of primary sulfonamides is 1. The maximum Gasteiger partial charge on any atom is 0.240 e. The van der Waals surface area contributed by atoms with Crippen molar-refractivity contribution in [2.45, 2.75) is 11.3 Å². The van der Waals surface area contributed by atoms with Crippen molar-refractivity contribution in [2.75, 3.05) is 27.2 Å². The largest absolute Gasteiger partial charge is 0.493 e. The first-order chi connectivity index (χ1) is 9.89. The smallest absolute Gasteiger partial charge is 0.240 e. The number of sulfonamides is 1. The van der Waals surface area contributed by atoms with Crippen LogP contribution in [0.4, 0.5) is 0 Å². The van der Waals surface area contributed by atoms with E-state index in [1.165, 1.54) is 12.3 Å². The molecule has 0 amide bonds. The number of benzene rings is 1. The van der Waals surface area contributed by atoms with Crippen molar-refractivity contribution >= 4 is 20.9 Å². The Hall–Kier alpha value is -1.70. The molecule has 2 aromatic rings. The average molecular weight is 309 g/mol. The van der Waals surface area contributed by atoms with Crippen molar-refractivity contribution in [2.24, 2.45) is 5.14 Å². The standard InChI is InChI=1S/C14H19N3O3S/c1-17(2)9-4-10-20-12-6-7-13(21(15,18)19)14-11(12)5-3-8-16-14/h3,5-8H,4,9-10H2,1-2H3,(H2,15,18,19). The van der Waals surface area contributed by atoms with Gasteiger partial charge in [0.15, 0.2) is 0 Å². The number of fused-ring (bicyclic) bond motifs is 1. The molecule has 0 aliphatic carbocycles. The molecule has 0 bridgehead atoms. The Kier molecular flexibility index (Phi) is 4.76. The molecular formula is C14H19N3O3S. The van der Waals surface area contributed by atoms with E-state index in [0.717, 1.165) is 13.0 Å². The van der Waals surface area contributed by atoms with Crippen LogP contribution in [-0.2, 0) is 10.0 Å². The van der Waals surface area contributed by atoms with Crippen molar-refractivity contribution in [1.29, 1.82) is 0 Å². The summed E-state index contributed by atoms with van der Waals surface area (Å²) in [6.07, 6.45) is 2.42. The van der Waals surface area contributed by atoms with Crippen LogP contribution in [0, 0.1) is 0 Å². The second-order valence-corrected chi connectivity index (χ2v) is 6.54. The van der Waals surface area contributed by atoms with Gasteiger partial charge < -0.3 is 9.64 Å². The monoisotopic (exact) mass is 309 g/mol. The Morgan fingerprint density at radius 3 is 2.71 bits per heavy atom. The van der Waals surface area contributed by atoms with Crippen molar-refractivity contribution in [3.05, 3.63) is 30.5 Å². The van der Waals surface area contributed by atoms with Crippen molar-refractivity contribution < 1.29 is 13.2 Å². The first-order valence-electron chi connectivity index (χ1n) is 6.57. The zero-order valence-corrected chi connectivity index (χ0v) is 12.9. The van der Waals surface area contributed by atoms with Gasteiger partial charge in [-0.25, -0.2) is 13.6 Å². The second kappa shape index (κ2) is 6.38. The lowest BCUT2D eigenvalue weighted by molar-refractivity contribution is 0.284. The molecule has 1 aromatic heterocycles. The molecule has 0 aliphatic heterocycles. The summed E-state index contributed by atoms with van der Waals surface area (Å²) in [4.78, 5) is 6.21. The predicted octanol–water partition coefficient (Wildman–Crippen LogP) is 1.21. The Morgan fingerprint density at radius 1 is 1.29 bits per heavy atom. The zero-order chi connectivity index (χ0) is 15.5. The summed E-state index contributed by atoms with van der Waals surface area (Å²) in [7, 11) is 0.193. The molecule has 0 saturated carbocycles. The molecule has 0 spiro atoms. The van der Waals surface area contributed by atoms with Crippen molar-refractivity contribution in [3.63, 3.8) is 0 Å². The van der Waals surface area contributed by atoms with Crippen LogP contribution in [0.25, 0.3) is 10.9 Å². The van der Waals surface area contributed by atoms with Crippen LogP contribution in [0.2, 0.25) is 0 Å². The molecule has 0 unspecified atom stereocenters. The van der Waals surface area contributed by atoms with E-state index in [9.17, 15) is 8.42 Å². The summed E-state index contributed by atoms with van der Waals surface area (Å²) < 4.78 is 28.9. The molecule has 0 fully saturated rings. The van der Waals surface area contributed by atoms with Gasteiger partial charge >= 0.3 is 0 Å². The van der Waals surface area contributed by atoms with Crippen LogP contribution in [0.5, 0.6) is 5.75 Å². The number of rotatable bonds is 6. The van der Waals surface area contributed by atoms with Crippen LogP contribution < -0.4 is 9.88 Å². The molecule has 114 valence electrons. The van der Waals surface area contributed by atoms with Crippen molar-refractivity contribution in [3.8, 4) is 5.75 Å². The fraction of sp³-hybridized carbons (Fsp3) is 0.357. The van der Waals surface area contributed by atoms with E-state index < -0.39 is 10.0 Å². The normalized spacial score (nSPS) is 12.0.